The summed E-state index contributed by atoms with van der Waals surface area (Å²) in [5, 5.41) is 2.80. The summed E-state index contributed by atoms with van der Waals surface area (Å²) < 4.78 is 22.3. The third-order valence-corrected chi connectivity index (χ3v) is 3.33. The minimum absolute atomic E-state index is 0.179. The zero-order valence-corrected chi connectivity index (χ0v) is 10.4. The van der Waals surface area contributed by atoms with Crippen LogP contribution in [0.1, 0.15) is 0 Å². The number of carbonyl (C=O) groups excluding carboxylic acids is 1. The van der Waals surface area contributed by atoms with Gasteiger partial charge in [-0.15, -0.1) is 0 Å². The highest BCUT2D eigenvalue weighted by Gasteiger charge is 2.06. The third-order valence-electron chi connectivity index (χ3n) is 1.69. The second kappa shape index (κ2) is 4.76. The Hall–Kier alpha value is -0.880. The Labute approximate surface area is 96.7 Å². The maximum absolute atomic E-state index is 11.1. The van der Waals surface area contributed by atoms with Crippen LogP contribution in [0.5, 0.6) is 0 Å². The van der Waals surface area contributed by atoms with Crippen molar-refractivity contribution in [2.45, 2.75) is 4.90 Å². The number of hydrogen-bond acceptors (Lipinski definition) is 3. The summed E-state index contributed by atoms with van der Waals surface area (Å²) in [4.78, 5) is 11.2. The number of sulfone groups is 1. The molecule has 15 heavy (non-hydrogen) atoms. The first-order chi connectivity index (χ1) is 6.93. The molecule has 0 spiro atoms. The van der Waals surface area contributed by atoms with Gasteiger partial charge in [0, 0.05) is 11.9 Å². The normalized spacial score (nSPS) is 11.1. The number of nitrogens with one attached hydrogen (secondary N) is 1. The fraction of sp³-hybridized carbons (Fsp3) is 0.222. The molecule has 0 radical (unpaired) electrons. The molecule has 0 aliphatic rings. The molecule has 1 amide bonds. The van der Waals surface area contributed by atoms with Crippen molar-refractivity contribution in [2.24, 2.45) is 0 Å². The van der Waals surface area contributed by atoms with E-state index in [1.165, 1.54) is 12.1 Å². The van der Waals surface area contributed by atoms with Gasteiger partial charge in [-0.1, -0.05) is 15.9 Å². The predicted octanol–water partition coefficient (Wildman–Crippen LogP) is 1.42. The summed E-state index contributed by atoms with van der Waals surface area (Å²) in [6.45, 7) is 0. The molecule has 4 nitrogen and oxygen atoms in total. The monoisotopic (exact) mass is 291 g/mol. The van der Waals surface area contributed by atoms with E-state index in [4.69, 9.17) is 0 Å². The van der Waals surface area contributed by atoms with Crippen LogP contribution in [0.15, 0.2) is 29.2 Å². The molecular weight excluding hydrogens is 282 g/mol. The lowest BCUT2D eigenvalue weighted by Gasteiger charge is -2.03. The average Bonchev–Trinajstić information content (AvgIpc) is 2.17. The van der Waals surface area contributed by atoms with Gasteiger partial charge in [-0.25, -0.2) is 8.42 Å². The first kappa shape index (κ1) is 12.2. The zero-order chi connectivity index (χ0) is 11.5. The molecule has 0 fully saturated rings. The van der Waals surface area contributed by atoms with Crippen LogP contribution in [0, 0.1) is 0 Å². The SMILES string of the molecule is CS(=O)(=O)c1ccc(NC(=O)CBr)cc1. The molecule has 0 unspecified atom stereocenters. The van der Waals surface area contributed by atoms with Gasteiger partial charge in [0.05, 0.1) is 10.2 Å². The Morgan fingerprint density at radius 3 is 2.27 bits per heavy atom. The van der Waals surface area contributed by atoms with E-state index < -0.39 is 9.84 Å². The Balaban J connectivity index is 2.86. The quantitative estimate of drug-likeness (QED) is 0.857. The molecule has 1 aromatic carbocycles. The Bertz CT molecular complexity index is 453. The third kappa shape index (κ3) is 3.64. The molecule has 1 rings (SSSR count). The number of alkyl halides is 1. The van der Waals surface area contributed by atoms with Crippen LogP contribution in [-0.4, -0.2) is 25.9 Å². The van der Waals surface area contributed by atoms with Gasteiger partial charge in [-0.05, 0) is 24.3 Å². The van der Waals surface area contributed by atoms with Gasteiger partial charge in [-0.2, -0.15) is 0 Å². The van der Waals surface area contributed by atoms with Crippen LogP contribution in [0.2, 0.25) is 0 Å². The molecule has 0 aromatic heterocycles. The minimum atomic E-state index is -3.18. The lowest BCUT2D eigenvalue weighted by atomic mass is 10.3. The lowest BCUT2D eigenvalue weighted by molar-refractivity contribution is -0.113. The van der Waals surface area contributed by atoms with Gasteiger partial charge in [0.15, 0.2) is 9.84 Å². The van der Waals surface area contributed by atoms with Gasteiger partial charge in [0.2, 0.25) is 5.91 Å². The summed E-state index contributed by atoms with van der Waals surface area (Å²) in [5.74, 6) is -0.179. The molecule has 82 valence electrons. The van der Waals surface area contributed by atoms with E-state index in [0.29, 0.717) is 5.69 Å². The van der Waals surface area contributed by atoms with Crippen molar-refractivity contribution >= 4 is 37.4 Å². The summed E-state index contributed by atoms with van der Waals surface area (Å²) in [6, 6.07) is 6.02. The Kier molecular flexibility index (Phi) is 3.87. The fourth-order valence-corrected chi connectivity index (χ4v) is 1.75. The van der Waals surface area contributed by atoms with Crippen molar-refractivity contribution in [3.8, 4) is 0 Å². The highest BCUT2D eigenvalue weighted by Crippen LogP contribution is 2.13. The number of anilines is 1. The van der Waals surface area contributed by atoms with E-state index in [9.17, 15) is 13.2 Å². The smallest absolute Gasteiger partial charge is 0.235 e. The van der Waals surface area contributed by atoms with Crippen LogP contribution in [0.25, 0.3) is 0 Å². The molecule has 0 bridgehead atoms. The molecule has 1 aromatic rings. The molecule has 6 heteroatoms. The molecule has 0 saturated heterocycles. The number of halogens is 1. The van der Waals surface area contributed by atoms with Gasteiger partial charge in [0.25, 0.3) is 0 Å². The Morgan fingerprint density at radius 1 is 1.33 bits per heavy atom. The van der Waals surface area contributed by atoms with Gasteiger partial charge < -0.3 is 5.32 Å². The van der Waals surface area contributed by atoms with Crippen LogP contribution in [-0.2, 0) is 14.6 Å². The summed E-state index contributed by atoms with van der Waals surface area (Å²) in [5.41, 5.74) is 0.576. The second-order valence-electron chi connectivity index (χ2n) is 2.98. The maximum Gasteiger partial charge on any atom is 0.235 e. The van der Waals surface area contributed by atoms with Crippen LogP contribution in [0.3, 0.4) is 0 Å². The fourth-order valence-electron chi connectivity index (χ4n) is 0.980. The highest BCUT2D eigenvalue weighted by atomic mass is 79.9. The van der Waals surface area contributed by atoms with Crippen molar-refractivity contribution in [1.29, 1.82) is 0 Å². The van der Waals surface area contributed by atoms with Crippen molar-refractivity contribution < 1.29 is 13.2 Å². The summed E-state index contributed by atoms with van der Waals surface area (Å²) >= 11 is 3.01. The van der Waals surface area contributed by atoms with E-state index >= 15 is 0 Å². The highest BCUT2D eigenvalue weighted by molar-refractivity contribution is 9.09. The second-order valence-corrected chi connectivity index (χ2v) is 5.55. The van der Waals surface area contributed by atoms with Gasteiger partial charge in [0.1, 0.15) is 0 Å². The predicted molar refractivity (Wildman–Crippen MR) is 62.0 cm³/mol. The van der Waals surface area contributed by atoms with Crippen molar-refractivity contribution in [2.75, 3.05) is 16.9 Å². The molecule has 1 N–H and O–H groups in total. The number of hydrogen-bond donors (Lipinski definition) is 1. The lowest BCUT2D eigenvalue weighted by Crippen LogP contribution is -2.12. The number of carbonyl (C=O) groups is 1. The zero-order valence-electron chi connectivity index (χ0n) is 8.03. The van der Waals surface area contributed by atoms with Gasteiger partial charge in [-0.3, -0.25) is 4.79 Å². The van der Waals surface area contributed by atoms with Crippen molar-refractivity contribution in [3.63, 3.8) is 0 Å². The topological polar surface area (TPSA) is 63.2 Å². The first-order valence-corrected chi connectivity index (χ1v) is 7.10. The molecular formula is C9H10BrNO3S. The summed E-state index contributed by atoms with van der Waals surface area (Å²) in [7, 11) is -3.18. The number of benzene rings is 1. The van der Waals surface area contributed by atoms with E-state index in [-0.39, 0.29) is 16.1 Å². The van der Waals surface area contributed by atoms with Crippen LogP contribution < -0.4 is 5.32 Å². The van der Waals surface area contributed by atoms with E-state index in [1.54, 1.807) is 12.1 Å². The largest absolute Gasteiger partial charge is 0.325 e. The van der Waals surface area contributed by atoms with Gasteiger partial charge >= 0.3 is 0 Å². The molecule has 0 atom stereocenters. The van der Waals surface area contributed by atoms with Crippen LogP contribution in [0.4, 0.5) is 5.69 Å². The Morgan fingerprint density at radius 2 is 1.87 bits per heavy atom. The average molecular weight is 292 g/mol. The summed E-state index contributed by atoms with van der Waals surface area (Å²) in [6.07, 6.45) is 1.14. The molecule has 0 aliphatic heterocycles. The van der Waals surface area contributed by atoms with E-state index in [0.717, 1.165) is 6.26 Å². The molecule has 0 heterocycles. The van der Waals surface area contributed by atoms with Crippen molar-refractivity contribution in [1.82, 2.24) is 0 Å². The standard InChI is InChI=1S/C9H10BrNO3S/c1-15(13,14)8-4-2-7(3-5-8)11-9(12)6-10/h2-5H,6H2,1H3,(H,11,12). The van der Waals surface area contributed by atoms with Crippen molar-refractivity contribution in [3.05, 3.63) is 24.3 Å². The minimum Gasteiger partial charge on any atom is -0.325 e. The first-order valence-electron chi connectivity index (χ1n) is 4.09. The van der Waals surface area contributed by atoms with Crippen LogP contribution >= 0.6 is 15.9 Å². The maximum atomic E-state index is 11.1. The molecule has 0 saturated carbocycles. The number of rotatable bonds is 3. The van der Waals surface area contributed by atoms with E-state index in [1.807, 2.05) is 0 Å². The van der Waals surface area contributed by atoms with E-state index in [2.05, 4.69) is 21.2 Å². The molecule has 0 aliphatic carbocycles. The number of amides is 1.